The molecular weight excluding hydrogens is 532 g/mol. The summed E-state index contributed by atoms with van der Waals surface area (Å²) in [6.45, 7) is 6.45. The van der Waals surface area contributed by atoms with Crippen molar-refractivity contribution in [3.05, 3.63) is 78.2 Å². The van der Waals surface area contributed by atoms with Crippen molar-refractivity contribution >= 4 is 23.5 Å². The van der Waals surface area contributed by atoms with E-state index in [1.165, 1.54) is 0 Å². The second kappa shape index (κ2) is 13.2. The summed E-state index contributed by atoms with van der Waals surface area (Å²) in [7, 11) is 1.60. The van der Waals surface area contributed by atoms with Gasteiger partial charge in [-0.1, -0.05) is 42.5 Å². The van der Waals surface area contributed by atoms with E-state index < -0.39 is 28.9 Å². The number of likely N-dealkylation sites (tertiary alicyclic amines) is 1. The Bertz CT molecular complexity index is 1360. The average Bonchev–Trinajstić information content (AvgIpc) is 3.69. The second-order valence-electron chi connectivity index (χ2n) is 11.6. The van der Waals surface area contributed by atoms with E-state index in [1.807, 2.05) is 66.4 Å². The van der Waals surface area contributed by atoms with Gasteiger partial charge in [0.1, 0.15) is 17.3 Å². The minimum absolute atomic E-state index is 0.0447. The van der Waals surface area contributed by atoms with Crippen LogP contribution < -0.4 is 21.1 Å². The largest absolute Gasteiger partial charge is 0.497 e. The van der Waals surface area contributed by atoms with Gasteiger partial charge in [-0.3, -0.25) is 14.4 Å². The highest BCUT2D eigenvalue weighted by Gasteiger charge is 2.41. The Kier molecular flexibility index (Phi) is 9.67. The third-order valence-electron chi connectivity index (χ3n) is 7.82. The molecule has 2 aromatic carbocycles. The van der Waals surface area contributed by atoms with Gasteiger partial charge in [-0.2, -0.15) is 0 Å². The van der Waals surface area contributed by atoms with Crippen molar-refractivity contribution in [3.63, 3.8) is 0 Å². The van der Waals surface area contributed by atoms with E-state index in [2.05, 4.69) is 15.6 Å². The Morgan fingerprint density at radius 1 is 1.02 bits per heavy atom. The number of rotatable bonds is 12. The molecule has 10 heteroatoms. The molecule has 3 aromatic rings. The molecule has 1 aliphatic rings. The van der Waals surface area contributed by atoms with E-state index >= 15 is 0 Å². The number of carbonyl (C=O) groups excluding carboxylic acids is 3. The second-order valence-corrected chi connectivity index (χ2v) is 11.6. The van der Waals surface area contributed by atoms with Gasteiger partial charge in [0.05, 0.1) is 19.0 Å². The molecule has 1 fully saturated rings. The number of imidazole rings is 1. The number of carbonyl (C=O) groups is 3. The third-order valence-corrected chi connectivity index (χ3v) is 7.82. The van der Waals surface area contributed by atoms with E-state index in [9.17, 15) is 14.4 Å². The molecule has 10 nitrogen and oxygen atoms in total. The maximum absolute atomic E-state index is 13.9. The number of benzene rings is 2. The van der Waals surface area contributed by atoms with Crippen molar-refractivity contribution in [2.45, 2.75) is 70.0 Å². The molecule has 0 spiro atoms. The van der Waals surface area contributed by atoms with Gasteiger partial charge < -0.3 is 30.6 Å². The van der Waals surface area contributed by atoms with Crippen LogP contribution >= 0.6 is 0 Å². The van der Waals surface area contributed by atoms with Crippen molar-refractivity contribution in [1.82, 2.24) is 19.8 Å². The predicted octanol–water partition coefficient (Wildman–Crippen LogP) is 3.46. The van der Waals surface area contributed by atoms with Gasteiger partial charge in [0.25, 0.3) is 5.91 Å². The van der Waals surface area contributed by atoms with Crippen LogP contribution in [-0.2, 0) is 26.3 Å². The molecule has 3 amide bonds. The van der Waals surface area contributed by atoms with Crippen LogP contribution in [-0.4, -0.2) is 64.0 Å². The third kappa shape index (κ3) is 7.17. The maximum atomic E-state index is 13.9. The van der Waals surface area contributed by atoms with E-state index in [0.717, 1.165) is 30.4 Å². The number of hydrogen-bond donors (Lipinski definition) is 3. The fraction of sp³-hybridized carbons (Fsp3) is 0.438. The van der Waals surface area contributed by atoms with Crippen LogP contribution in [0.15, 0.2) is 67.1 Å². The van der Waals surface area contributed by atoms with Crippen LogP contribution in [0, 0.1) is 0 Å². The SMILES string of the molecule is COc1ccc(C(C)(C(=O)N2CCCC2)n2cnc(NC(=O)[C@H](CCCc3ccccc3)NC(=O)C(C)(C)N)c2)cc1. The standard InChI is InChI=1S/C32H42N6O4/c1-31(2,33)29(40)35-26(14-10-13-23-11-6-5-7-12-23)28(39)36-27-21-38(22-34-27)32(3,30(41)37-19-8-9-20-37)24-15-17-25(42-4)18-16-24/h5-7,11-12,15-18,21-22,26H,8-10,13-14,19-20,33H2,1-4H3,(H,35,40)(H,36,39)/t26-,32?/m0/s1. The minimum Gasteiger partial charge on any atom is -0.497 e. The Morgan fingerprint density at radius 3 is 2.31 bits per heavy atom. The normalized spacial score (nSPS) is 15.5. The fourth-order valence-corrected chi connectivity index (χ4v) is 5.14. The lowest BCUT2D eigenvalue weighted by Gasteiger charge is -2.34. The van der Waals surface area contributed by atoms with Crippen molar-refractivity contribution in [3.8, 4) is 5.75 Å². The summed E-state index contributed by atoms with van der Waals surface area (Å²) in [6.07, 6.45) is 7.01. The number of nitrogens with one attached hydrogen (secondary N) is 2. The molecule has 1 aromatic heterocycles. The fourth-order valence-electron chi connectivity index (χ4n) is 5.14. The Labute approximate surface area is 247 Å². The number of amides is 3. The number of aryl methyl sites for hydroxylation is 1. The Balaban J connectivity index is 1.55. The van der Waals surface area contributed by atoms with Gasteiger partial charge in [-0.15, -0.1) is 0 Å². The van der Waals surface area contributed by atoms with Crippen LogP contribution in [0.25, 0.3) is 0 Å². The average molecular weight is 575 g/mol. The van der Waals surface area contributed by atoms with E-state index in [0.29, 0.717) is 31.7 Å². The highest BCUT2D eigenvalue weighted by molar-refractivity contribution is 5.98. The highest BCUT2D eigenvalue weighted by atomic mass is 16.5. The summed E-state index contributed by atoms with van der Waals surface area (Å²) in [5, 5.41) is 5.66. The molecule has 0 aliphatic carbocycles. The van der Waals surface area contributed by atoms with Crippen molar-refractivity contribution < 1.29 is 19.1 Å². The minimum atomic E-state index is -1.14. The van der Waals surface area contributed by atoms with Crippen LogP contribution in [0.4, 0.5) is 5.82 Å². The molecule has 1 aliphatic heterocycles. The first-order chi connectivity index (χ1) is 20.0. The summed E-state index contributed by atoms with van der Waals surface area (Å²) in [5.74, 6) is 0.105. The lowest BCUT2D eigenvalue weighted by atomic mass is 9.90. The maximum Gasteiger partial charge on any atom is 0.253 e. The van der Waals surface area contributed by atoms with Crippen molar-refractivity contribution in [2.75, 3.05) is 25.5 Å². The number of ether oxygens (including phenoxy) is 1. The number of anilines is 1. The zero-order chi connectivity index (χ0) is 30.3. The molecule has 4 N–H and O–H groups in total. The van der Waals surface area contributed by atoms with E-state index in [1.54, 1.807) is 38.0 Å². The first-order valence-electron chi connectivity index (χ1n) is 14.5. The molecular formula is C32H42N6O4. The van der Waals surface area contributed by atoms with Crippen LogP contribution in [0.2, 0.25) is 0 Å². The molecule has 224 valence electrons. The first-order valence-corrected chi connectivity index (χ1v) is 14.5. The molecule has 0 radical (unpaired) electrons. The lowest BCUT2D eigenvalue weighted by Crippen LogP contribution is -2.54. The smallest absolute Gasteiger partial charge is 0.253 e. The Morgan fingerprint density at radius 2 is 1.69 bits per heavy atom. The predicted molar refractivity (Wildman–Crippen MR) is 162 cm³/mol. The molecule has 2 heterocycles. The molecule has 0 bridgehead atoms. The highest BCUT2D eigenvalue weighted by Crippen LogP contribution is 2.32. The van der Waals surface area contributed by atoms with Gasteiger partial charge in [0.2, 0.25) is 11.8 Å². The summed E-state index contributed by atoms with van der Waals surface area (Å²) in [4.78, 5) is 46.4. The van der Waals surface area contributed by atoms with Gasteiger partial charge in [0.15, 0.2) is 5.82 Å². The molecule has 4 rings (SSSR count). The molecule has 0 saturated carbocycles. The molecule has 1 saturated heterocycles. The Hall–Kier alpha value is -4.18. The van der Waals surface area contributed by atoms with Crippen molar-refractivity contribution in [1.29, 1.82) is 0 Å². The van der Waals surface area contributed by atoms with Crippen LogP contribution in [0.3, 0.4) is 0 Å². The zero-order valence-electron chi connectivity index (χ0n) is 24.9. The summed E-state index contributed by atoms with van der Waals surface area (Å²) in [6, 6.07) is 16.6. The van der Waals surface area contributed by atoms with Gasteiger partial charge in [0, 0.05) is 19.3 Å². The van der Waals surface area contributed by atoms with E-state index in [4.69, 9.17) is 10.5 Å². The van der Waals surface area contributed by atoms with Gasteiger partial charge in [-0.05, 0) is 76.1 Å². The zero-order valence-corrected chi connectivity index (χ0v) is 24.9. The van der Waals surface area contributed by atoms with Crippen LogP contribution in [0.1, 0.15) is 57.6 Å². The first kappa shape index (κ1) is 30.8. The summed E-state index contributed by atoms with van der Waals surface area (Å²) < 4.78 is 7.05. The van der Waals surface area contributed by atoms with E-state index in [-0.39, 0.29) is 11.7 Å². The quantitative estimate of drug-likeness (QED) is 0.304. The number of nitrogens with two attached hydrogens (primary N) is 1. The number of hydrogen-bond acceptors (Lipinski definition) is 6. The lowest BCUT2D eigenvalue weighted by molar-refractivity contribution is -0.137. The van der Waals surface area contributed by atoms with Crippen LogP contribution in [0.5, 0.6) is 5.75 Å². The van der Waals surface area contributed by atoms with Crippen molar-refractivity contribution in [2.24, 2.45) is 5.73 Å². The van der Waals surface area contributed by atoms with Gasteiger partial charge >= 0.3 is 0 Å². The summed E-state index contributed by atoms with van der Waals surface area (Å²) in [5.41, 5.74) is 5.68. The molecule has 1 unspecified atom stereocenters. The number of methoxy groups -OCH3 is 1. The number of nitrogens with zero attached hydrogens (tertiary/aromatic N) is 3. The van der Waals surface area contributed by atoms with Gasteiger partial charge in [-0.25, -0.2) is 4.98 Å². The number of aromatic nitrogens is 2. The summed E-state index contributed by atoms with van der Waals surface area (Å²) >= 11 is 0. The topological polar surface area (TPSA) is 132 Å². The monoisotopic (exact) mass is 574 g/mol. The molecule has 2 atom stereocenters. The molecule has 42 heavy (non-hydrogen) atoms.